The smallest absolute Gasteiger partial charge is 0.349 e. The number of hydrogen-bond acceptors (Lipinski definition) is 4. The Bertz CT molecular complexity index is 587. The molecule has 0 amide bonds. The maximum absolute atomic E-state index is 12.3. The third-order valence-electron chi connectivity index (χ3n) is 5.06. The van der Waals surface area contributed by atoms with Gasteiger partial charge in [0, 0.05) is 21.3 Å². The van der Waals surface area contributed by atoms with Gasteiger partial charge in [0.15, 0.2) is 11.4 Å². The first-order chi connectivity index (χ1) is 8.60. The molecule has 0 fully saturated rings. The molecule has 2 heterocycles. The molecule has 2 rings (SSSR count). The fourth-order valence-corrected chi connectivity index (χ4v) is 2.93. The van der Waals surface area contributed by atoms with Crippen molar-refractivity contribution in [1.29, 1.82) is 0 Å². The Morgan fingerprint density at radius 3 is 1.42 bits per heavy atom. The van der Waals surface area contributed by atoms with E-state index in [2.05, 4.69) is 0 Å². The Morgan fingerprint density at radius 1 is 0.842 bits per heavy atom. The maximum atomic E-state index is 12.3. The quantitative estimate of drug-likeness (QED) is 0.761. The molecule has 1 aliphatic heterocycles. The Hall–Kier alpha value is -1.34. The average Bonchev–Trinajstić information content (AvgIpc) is 2.68. The fourth-order valence-electron chi connectivity index (χ4n) is 2.93. The van der Waals surface area contributed by atoms with Crippen LogP contribution in [0.15, 0.2) is 9.59 Å². The predicted octanol–water partition coefficient (Wildman–Crippen LogP) is 0.0265. The van der Waals surface area contributed by atoms with E-state index in [0.29, 0.717) is 0 Å². The van der Waals surface area contributed by atoms with Crippen LogP contribution >= 0.6 is 0 Å². The van der Waals surface area contributed by atoms with Gasteiger partial charge in [-0.25, -0.2) is 14.2 Å². The highest BCUT2D eigenvalue weighted by atomic mass is 16.5. The molecule has 0 unspecified atom stereocenters. The molecule has 0 bridgehead atoms. The van der Waals surface area contributed by atoms with E-state index in [1.807, 2.05) is 13.8 Å². The van der Waals surface area contributed by atoms with Crippen molar-refractivity contribution in [2.45, 2.75) is 39.1 Å². The molecule has 108 valence electrons. The molecular formula is C12H21N3O4. The first-order valence-corrected chi connectivity index (χ1v) is 6.12. The second-order valence-electron chi connectivity index (χ2n) is 5.75. The third kappa shape index (κ3) is 1.20. The summed E-state index contributed by atoms with van der Waals surface area (Å²) in [6.07, 6.45) is 0. The van der Waals surface area contributed by atoms with Gasteiger partial charge in [0.2, 0.25) is 0 Å². The van der Waals surface area contributed by atoms with Crippen LogP contribution in [-0.4, -0.2) is 28.2 Å². The zero-order valence-electron chi connectivity index (χ0n) is 12.5. The Morgan fingerprint density at radius 2 is 1.16 bits per heavy atom. The maximum Gasteiger partial charge on any atom is 0.349 e. The molecule has 7 nitrogen and oxygen atoms in total. The lowest BCUT2D eigenvalue weighted by Gasteiger charge is -2.43. The van der Waals surface area contributed by atoms with Crippen molar-refractivity contribution in [3.05, 3.63) is 21.0 Å². The van der Waals surface area contributed by atoms with Gasteiger partial charge >= 0.3 is 11.4 Å². The zero-order valence-corrected chi connectivity index (χ0v) is 12.5. The molecule has 0 spiro atoms. The lowest BCUT2D eigenvalue weighted by Crippen LogP contribution is -2.53. The summed E-state index contributed by atoms with van der Waals surface area (Å²) in [6.45, 7) is 7.40. The minimum absolute atomic E-state index is 0.414. The van der Waals surface area contributed by atoms with E-state index < -0.39 is 28.2 Å². The highest BCUT2D eigenvalue weighted by molar-refractivity contribution is 5.06. The zero-order chi connectivity index (χ0) is 14.8. The van der Waals surface area contributed by atoms with Crippen molar-refractivity contribution in [2.75, 3.05) is 14.2 Å². The van der Waals surface area contributed by atoms with E-state index in [4.69, 9.17) is 9.47 Å². The lowest BCUT2D eigenvalue weighted by atomic mass is 9.74. The summed E-state index contributed by atoms with van der Waals surface area (Å²) in [7, 11) is 4.50. The molecule has 0 radical (unpaired) electrons. The number of aromatic nitrogens is 3. The number of ether oxygens (including phenoxy) is 2. The van der Waals surface area contributed by atoms with Gasteiger partial charge in [-0.15, -0.1) is 0 Å². The molecule has 7 heteroatoms. The Balaban J connectivity index is 3.01. The van der Waals surface area contributed by atoms with Gasteiger partial charge in [0.1, 0.15) is 0 Å². The normalized spacial score (nSPS) is 32.6. The van der Waals surface area contributed by atoms with Crippen molar-refractivity contribution in [3.63, 3.8) is 0 Å². The molecule has 1 aromatic heterocycles. The molecule has 0 saturated carbocycles. The molecule has 1 aromatic rings. The fraction of sp³-hybridized carbons (Fsp3) is 0.833. The van der Waals surface area contributed by atoms with Gasteiger partial charge in [0.25, 0.3) is 0 Å². The van der Waals surface area contributed by atoms with Crippen LogP contribution in [0.3, 0.4) is 0 Å². The number of rotatable bonds is 2. The van der Waals surface area contributed by atoms with Gasteiger partial charge in [-0.05, 0) is 13.8 Å². The third-order valence-corrected chi connectivity index (χ3v) is 5.06. The van der Waals surface area contributed by atoms with Crippen LogP contribution in [0.4, 0.5) is 0 Å². The minimum Gasteiger partial charge on any atom is -0.356 e. The van der Waals surface area contributed by atoms with E-state index in [1.54, 1.807) is 13.8 Å². The summed E-state index contributed by atoms with van der Waals surface area (Å²) in [5.41, 5.74) is -3.40. The Labute approximate surface area is 111 Å². The molecule has 1 aliphatic rings. The molecular weight excluding hydrogens is 250 g/mol. The van der Waals surface area contributed by atoms with E-state index in [1.165, 1.54) is 30.6 Å². The van der Waals surface area contributed by atoms with Crippen molar-refractivity contribution in [1.82, 2.24) is 13.9 Å². The van der Waals surface area contributed by atoms with E-state index in [-0.39, 0.29) is 0 Å². The summed E-state index contributed by atoms with van der Waals surface area (Å²) in [5.74, 6) is 0. The highest BCUT2D eigenvalue weighted by Gasteiger charge is 2.65. The van der Waals surface area contributed by atoms with Crippen molar-refractivity contribution in [2.24, 2.45) is 12.5 Å². The lowest BCUT2D eigenvalue weighted by molar-refractivity contribution is -0.213. The molecule has 0 aromatic carbocycles. The summed E-state index contributed by atoms with van der Waals surface area (Å²) < 4.78 is 14.9. The summed E-state index contributed by atoms with van der Waals surface area (Å²) in [6, 6.07) is 0. The van der Waals surface area contributed by atoms with Crippen LogP contribution in [0.2, 0.25) is 0 Å². The SMILES string of the molecule is CO[C@@]1(C)n2c(=O)n(C)c(=O)n2[C@@](C)(OC)C1(C)C. The predicted molar refractivity (Wildman–Crippen MR) is 69.0 cm³/mol. The minimum atomic E-state index is -0.977. The first-order valence-electron chi connectivity index (χ1n) is 6.12. The molecule has 0 N–H and O–H groups in total. The summed E-state index contributed by atoms with van der Waals surface area (Å²) in [4.78, 5) is 24.6. The van der Waals surface area contributed by atoms with Gasteiger partial charge in [-0.3, -0.25) is 0 Å². The summed E-state index contributed by atoms with van der Waals surface area (Å²) in [5, 5.41) is 0. The standard InChI is InChI=1S/C12H21N3O4/c1-10(2)11(3,18-6)14-8(16)13(5)9(17)15(14)12(10,4)19-7/h1-7H3/t11-,12+. The molecule has 2 atom stereocenters. The van der Waals surface area contributed by atoms with Crippen molar-refractivity contribution in [3.8, 4) is 0 Å². The van der Waals surface area contributed by atoms with Crippen molar-refractivity contribution >= 4 is 0 Å². The van der Waals surface area contributed by atoms with Crippen molar-refractivity contribution < 1.29 is 9.47 Å². The van der Waals surface area contributed by atoms with Gasteiger partial charge in [-0.1, -0.05) is 13.8 Å². The van der Waals surface area contributed by atoms with Crippen LogP contribution in [-0.2, 0) is 28.0 Å². The summed E-state index contributed by atoms with van der Waals surface area (Å²) >= 11 is 0. The topological polar surface area (TPSA) is 67.4 Å². The largest absolute Gasteiger partial charge is 0.356 e. The number of hydrogen-bond donors (Lipinski definition) is 0. The second kappa shape index (κ2) is 3.61. The van der Waals surface area contributed by atoms with Gasteiger partial charge in [0.05, 0.1) is 5.41 Å². The van der Waals surface area contributed by atoms with Gasteiger partial charge < -0.3 is 9.47 Å². The van der Waals surface area contributed by atoms with E-state index >= 15 is 0 Å². The monoisotopic (exact) mass is 271 g/mol. The van der Waals surface area contributed by atoms with E-state index in [0.717, 1.165) is 4.57 Å². The van der Waals surface area contributed by atoms with Crippen LogP contribution in [0.25, 0.3) is 0 Å². The number of methoxy groups -OCH3 is 2. The Kier molecular flexibility index (Phi) is 2.67. The highest BCUT2D eigenvalue weighted by Crippen LogP contribution is 2.53. The first kappa shape index (κ1) is 14.1. The average molecular weight is 271 g/mol. The van der Waals surface area contributed by atoms with E-state index in [9.17, 15) is 9.59 Å². The van der Waals surface area contributed by atoms with Crippen LogP contribution in [0.1, 0.15) is 27.7 Å². The van der Waals surface area contributed by atoms with Crippen LogP contribution in [0, 0.1) is 5.41 Å². The second-order valence-corrected chi connectivity index (χ2v) is 5.75. The van der Waals surface area contributed by atoms with Crippen LogP contribution < -0.4 is 11.4 Å². The van der Waals surface area contributed by atoms with Crippen LogP contribution in [0.5, 0.6) is 0 Å². The number of nitrogens with zero attached hydrogens (tertiary/aromatic N) is 3. The number of fused-ring (bicyclic) bond motifs is 1. The molecule has 0 saturated heterocycles. The molecule has 19 heavy (non-hydrogen) atoms. The molecule has 0 aliphatic carbocycles. The van der Waals surface area contributed by atoms with Gasteiger partial charge in [-0.2, -0.15) is 9.36 Å².